The van der Waals surface area contributed by atoms with E-state index < -0.39 is 0 Å². The molecule has 20 heavy (non-hydrogen) atoms. The lowest BCUT2D eigenvalue weighted by Crippen LogP contribution is -2.02. The Morgan fingerprint density at radius 1 is 1.00 bits per heavy atom. The molecule has 3 aromatic rings. The number of aromatic nitrogens is 2. The molecule has 0 fully saturated rings. The van der Waals surface area contributed by atoms with Crippen molar-refractivity contribution >= 4 is 22.5 Å². The highest BCUT2D eigenvalue weighted by Crippen LogP contribution is 2.26. The van der Waals surface area contributed by atoms with Crippen LogP contribution in [0.2, 0.25) is 0 Å². The molecule has 1 aliphatic heterocycles. The lowest BCUT2D eigenvalue weighted by atomic mass is 10.1. The van der Waals surface area contributed by atoms with E-state index in [-0.39, 0.29) is 0 Å². The highest BCUT2D eigenvalue weighted by molar-refractivity contribution is 5.79. The minimum absolute atomic E-state index is 0.643. The molecule has 0 saturated heterocycles. The Kier molecular flexibility index (Phi) is 2.60. The average molecular weight is 262 g/mol. The molecule has 0 saturated carbocycles. The molecule has 0 aliphatic carbocycles. The van der Waals surface area contributed by atoms with Crippen LogP contribution >= 0.6 is 0 Å². The number of nitrogens with one attached hydrogen (secondary N) is 2. The van der Waals surface area contributed by atoms with Crippen molar-refractivity contribution in [2.75, 3.05) is 5.32 Å². The summed E-state index contributed by atoms with van der Waals surface area (Å²) in [6, 6.07) is 14.3. The number of benzene rings is 2. The first-order chi connectivity index (χ1) is 9.90. The topological polar surface area (TPSA) is 49.8 Å². The first-order valence-corrected chi connectivity index (χ1v) is 6.70. The predicted molar refractivity (Wildman–Crippen MR) is 79.8 cm³/mol. The summed E-state index contributed by atoms with van der Waals surface area (Å²) in [6.45, 7) is 1.83. The second kappa shape index (κ2) is 4.58. The summed E-state index contributed by atoms with van der Waals surface area (Å²) < 4.78 is 0. The molecule has 0 atom stereocenters. The summed E-state index contributed by atoms with van der Waals surface area (Å²) in [7, 11) is 0. The molecule has 0 bridgehead atoms. The second-order valence-electron chi connectivity index (χ2n) is 4.92. The third-order valence-corrected chi connectivity index (χ3v) is 3.63. The van der Waals surface area contributed by atoms with Gasteiger partial charge in [0, 0.05) is 30.4 Å². The zero-order chi connectivity index (χ0) is 13.4. The third kappa shape index (κ3) is 1.90. The van der Waals surface area contributed by atoms with E-state index in [0.717, 1.165) is 29.7 Å². The summed E-state index contributed by atoms with van der Waals surface area (Å²) in [5.74, 6) is 0.643. The van der Waals surface area contributed by atoms with Gasteiger partial charge in [0.25, 0.3) is 0 Å². The molecular weight excluding hydrogens is 248 g/mol. The van der Waals surface area contributed by atoms with E-state index in [1.807, 2.05) is 30.5 Å². The Morgan fingerprint density at radius 2 is 1.95 bits per heavy atom. The van der Waals surface area contributed by atoms with Gasteiger partial charge in [-0.3, -0.25) is 0 Å². The van der Waals surface area contributed by atoms with Gasteiger partial charge in [0.15, 0.2) is 0 Å². The van der Waals surface area contributed by atoms with Crippen LogP contribution in [0.4, 0.5) is 11.6 Å². The molecule has 0 spiro atoms. The van der Waals surface area contributed by atoms with Crippen molar-refractivity contribution in [2.45, 2.75) is 13.1 Å². The lowest BCUT2D eigenvalue weighted by Gasteiger charge is -2.09. The van der Waals surface area contributed by atoms with Crippen LogP contribution in [0.3, 0.4) is 0 Å². The van der Waals surface area contributed by atoms with Gasteiger partial charge in [0.2, 0.25) is 5.95 Å². The third-order valence-electron chi connectivity index (χ3n) is 3.63. The van der Waals surface area contributed by atoms with Gasteiger partial charge in [-0.2, -0.15) is 0 Å². The lowest BCUT2D eigenvalue weighted by molar-refractivity contribution is 0.765. The number of anilines is 2. The monoisotopic (exact) mass is 262 g/mol. The van der Waals surface area contributed by atoms with Crippen molar-refractivity contribution in [3.05, 3.63) is 59.8 Å². The number of para-hydroxylation sites is 1. The molecule has 0 amide bonds. The van der Waals surface area contributed by atoms with E-state index in [0.29, 0.717) is 5.95 Å². The number of rotatable bonds is 2. The Balaban J connectivity index is 1.72. The molecule has 0 unspecified atom stereocenters. The van der Waals surface area contributed by atoms with Gasteiger partial charge >= 0.3 is 0 Å². The standard InChI is InChI=1S/C16H14N4/c1-2-6-14-12(4-1)9-18-16(19-14)20-15-7-3-5-11-8-17-10-13(11)15/h1-7,9,17H,8,10H2,(H,18,19,20). The van der Waals surface area contributed by atoms with Gasteiger partial charge < -0.3 is 10.6 Å². The first-order valence-electron chi connectivity index (χ1n) is 6.70. The summed E-state index contributed by atoms with van der Waals surface area (Å²) in [5, 5.41) is 7.75. The fourth-order valence-electron chi connectivity index (χ4n) is 2.60. The van der Waals surface area contributed by atoms with Gasteiger partial charge in [0.1, 0.15) is 0 Å². The van der Waals surface area contributed by atoms with Crippen LogP contribution in [-0.2, 0) is 13.1 Å². The summed E-state index contributed by atoms with van der Waals surface area (Å²) in [4.78, 5) is 8.94. The van der Waals surface area contributed by atoms with E-state index in [4.69, 9.17) is 0 Å². The Hall–Kier alpha value is -2.46. The molecule has 4 rings (SSSR count). The van der Waals surface area contributed by atoms with Gasteiger partial charge in [-0.05, 0) is 23.3 Å². The highest BCUT2D eigenvalue weighted by atomic mass is 15.1. The summed E-state index contributed by atoms with van der Waals surface area (Å²) in [5.41, 5.74) is 4.69. The number of fused-ring (bicyclic) bond motifs is 2. The predicted octanol–water partition coefficient (Wildman–Crippen LogP) is 2.98. The maximum absolute atomic E-state index is 4.55. The van der Waals surface area contributed by atoms with E-state index in [1.165, 1.54) is 11.1 Å². The molecule has 4 heteroatoms. The van der Waals surface area contributed by atoms with Crippen LogP contribution in [0.1, 0.15) is 11.1 Å². The first kappa shape index (κ1) is 11.4. The van der Waals surface area contributed by atoms with Crippen LogP contribution in [0.15, 0.2) is 48.7 Å². The second-order valence-corrected chi connectivity index (χ2v) is 4.92. The molecule has 0 radical (unpaired) electrons. The molecule has 1 aromatic heterocycles. The minimum Gasteiger partial charge on any atom is -0.324 e. The fraction of sp³-hybridized carbons (Fsp3) is 0.125. The maximum Gasteiger partial charge on any atom is 0.227 e. The van der Waals surface area contributed by atoms with Crippen molar-refractivity contribution < 1.29 is 0 Å². The van der Waals surface area contributed by atoms with Gasteiger partial charge in [-0.1, -0.05) is 30.3 Å². The van der Waals surface area contributed by atoms with Crippen LogP contribution < -0.4 is 10.6 Å². The Labute approximate surface area is 116 Å². The van der Waals surface area contributed by atoms with Crippen molar-refractivity contribution in [3.63, 3.8) is 0 Å². The quantitative estimate of drug-likeness (QED) is 0.745. The zero-order valence-electron chi connectivity index (χ0n) is 10.9. The Bertz CT molecular complexity index is 782. The summed E-state index contributed by atoms with van der Waals surface area (Å²) in [6.07, 6.45) is 1.85. The number of hydrogen-bond donors (Lipinski definition) is 2. The van der Waals surface area contributed by atoms with Crippen LogP contribution in [0, 0.1) is 0 Å². The van der Waals surface area contributed by atoms with Gasteiger partial charge in [-0.15, -0.1) is 0 Å². The fourth-order valence-corrected chi connectivity index (χ4v) is 2.60. The van der Waals surface area contributed by atoms with Crippen LogP contribution in [0.5, 0.6) is 0 Å². The largest absolute Gasteiger partial charge is 0.324 e. The molecule has 98 valence electrons. The molecule has 1 aliphatic rings. The molecule has 4 nitrogen and oxygen atoms in total. The van der Waals surface area contributed by atoms with Crippen molar-refractivity contribution in [1.82, 2.24) is 15.3 Å². The van der Waals surface area contributed by atoms with Gasteiger partial charge in [0.05, 0.1) is 5.52 Å². The normalized spacial score (nSPS) is 13.4. The van der Waals surface area contributed by atoms with Crippen molar-refractivity contribution in [2.24, 2.45) is 0 Å². The zero-order valence-corrected chi connectivity index (χ0v) is 10.9. The molecule has 2 N–H and O–H groups in total. The average Bonchev–Trinajstić information content (AvgIpc) is 2.97. The molecular formula is C16H14N4. The number of hydrogen-bond acceptors (Lipinski definition) is 4. The SMILES string of the molecule is c1cc2c(c(Nc3ncc4ccccc4n3)c1)CNC2. The maximum atomic E-state index is 4.55. The number of nitrogens with zero attached hydrogens (tertiary/aromatic N) is 2. The van der Waals surface area contributed by atoms with E-state index in [9.17, 15) is 0 Å². The van der Waals surface area contributed by atoms with Crippen LogP contribution in [0.25, 0.3) is 10.9 Å². The van der Waals surface area contributed by atoms with Crippen molar-refractivity contribution in [1.29, 1.82) is 0 Å². The van der Waals surface area contributed by atoms with E-state index >= 15 is 0 Å². The van der Waals surface area contributed by atoms with Gasteiger partial charge in [-0.25, -0.2) is 9.97 Å². The van der Waals surface area contributed by atoms with Crippen LogP contribution in [-0.4, -0.2) is 9.97 Å². The smallest absolute Gasteiger partial charge is 0.227 e. The Morgan fingerprint density at radius 3 is 2.95 bits per heavy atom. The van der Waals surface area contributed by atoms with E-state index in [1.54, 1.807) is 0 Å². The molecule has 2 aromatic carbocycles. The molecule has 2 heterocycles. The van der Waals surface area contributed by atoms with Crippen molar-refractivity contribution in [3.8, 4) is 0 Å². The van der Waals surface area contributed by atoms with E-state index in [2.05, 4.69) is 38.8 Å². The minimum atomic E-state index is 0.643. The highest BCUT2D eigenvalue weighted by Gasteiger charge is 2.14. The summed E-state index contributed by atoms with van der Waals surface area (Å²) >= 11 is 0.